The molecule has 1 saturated heterocycles. The molecule has 2 unspecified atom stereocenters. The Morgan fingerprint density at radius 2 is 2.43 bits per heavy atom. The molecular formula is C10H12ClNO2. The second-order valence-corrected chi connectivity index (χ2v) is 4.28. The van der Waals surface area contributed by atoms with Gasteiger partial charge in [0.15, 0.2) is 0 Å². The lowest BCUT2D eigenvalue weighted by atomic mass is 10.1. The summed E-state index contributed by atoms with van der Waals surface area (Å²) in [6.07, 6.45) is 2.97. The number of hydrogen-bond acceptors (Lipinski definition) is 2. The van der Waals surface area contributed by atoms with Crippen molar-refractivity contribution >= 4 is 17.5 Å². The van der Waals surface area contributed by atoms with Crippen LogP contribution in [0.3, 0.4) is 0 Å². The zero-order chi connectivity index (χ0) is 10.1. The molecular weight excluding hydrogens is 202 g/mol. The van der Waals surface area contributed by atoms with Crippen LogP contribution in [-0.4, -0.2) is 29.3 Å². The summed E-state index contributed by atoms with van der Waals surface area (Å²) in [5.74, 6) is 0.376. The second kappa shape index (κ2) is 3.65. The normalized spacial score (nSPS) is 26.9. The van der Waals surface area contributed by atoms with Gasteiger partial charge in [0.25, 0.3) is 5.91 Å². The molecule has 1 aromatic heterocycles. The lowest BCUT2D eigenvalue weighted by Gasteiger charge is -2.13. The Morgan fingerprint density at radius 3 is 2.93 bits per heavy atom. The number of alkyl halides is 1. The van der Waals surface area contributed by atoms with Gasteiger partial charge in [-0.25, -0.2) is 0 Å². The minimum Gasteiger partial charge on any atom is -0.472 e. The predicted octanol–water partition coefficient (Wildman–Crippen LogP) is 1.98. The number of rotatable bonds is 1. The number of hydrogen-bond donors (Lipinski definition) is 0. The number of nitrogens with zero attached hydrogens (tertiary/aromatic N) is 1. The molecule has 4 heteroatoms. The Labute approximate surface area is 87.6 Å². The Morgan fingerprint density at radius 1 is 1.64 bits per heavy atom. The lowest BCUT2D eigenvalue weighted by Crippen LogP contribution is -2.28. The first-order chi connectivity index (χ1) is 6.68. The summed E-state index contributed by atoms with van der Waals surface area (Å²) in [6.45, 7) is 3.42. The topological polar surface area (TPSA) is 33.5 Å². The highest BCUT2D eigenvalue weighted by Gasteiger charge is 2.31. The zero-order valence-corrected chi connectivity index (χ0v) is 8.70. The molecule has 0 saturated carbocycles. The molecule has 1 aromatic rings. The van der Waals surface area contributed by atoms with E-state index in [4.69, 9.17) is 16.0 Å². The average Bonchev–Trinajstić information content (AvgIpc) is 2.76. The van der Waals surface area contributed by atoms with E-state index in [0.717, 1.165) is 6.54 Å². The van der Waals surface area contributed by atoms with Crippen molar-refractivity contribution in [3.63, 3.8) is 0 Å². The third kappa shape index (κ3) is 1.64. The number of carbonyl (C=O) groups is 1. The van der Waals surface area contributed by atoms with Crippen molar-refractivity contribution < 1.29 is 9.21 Å². The monoisotopic (exact) mass is 213 g/mol. The van der Waals surface area contributed by atoms with Crippen molar-refractivity contribution in [2.45, 2.75) is 12.3 Å². The van der Waals surface area contributed by atoms with Gasteiger partial charge in [-0.2, -0.15) is 0 Å². The summed E-state index contributed by atoms with van der Waals surface area (Å²) < 4.78 is 4.87. The molecule has 0 N–H and O–H groups in total. The highest BCUT2D eigenvalue weighted by atomic mass is 35.5. The van der Waals surface area contributed by atoms with E-state index in [1.54, 1.807) is 11.0 Å². The van der Waals surface area contributed by atoms with Crippen molar-refractivity contribution in [2.75, 3.05) is 13.1 Å². The number of likely N-dealkylation sites (tertiary alicyclic amines) is 1. The third-order valence-corrected chi connectivity index (χ3v) is 3.14. The summed E-state index contributed by atoms with van der Waals surface area (Å²) >= 11 is 6.05. The van der Waals surface area contributed by atoms with Crippen molar-refractivity contribution in [2.24, 2.45) is 5.92 Å². The molecule has 1 aliphatic rings. The highest BCUT2D eigenvalue weighted by Crippen LogP contribution is 2.22. The fraction of sp³-hybridized carbons (Fsp3) is 0.500. The number of furan rings is 1. The summed E-state index contributed by atoms with van der Waals surface area (Å²) in [4.78, 5) is 13.6. The maximum Gasteiger partial charge on any atom is 0.257 e. The van der Waals surface area contributed by atoms with E-state index in [0.29, 0.717) is 18.0 Å². The molecule has 0 bridgehead atoms. The SMILES string of the molecule is CC1CN(C(=O)c2ccoc2)CC1Cl. The van der Waals surface area contributed by atoms with Crippen LogP contribution in [-0.2, 0) is 0 Å². The molecule has 3 nitrogen and oxygen atoms in total. The van der Waals surface area contributed by atoms with Crippen molar-refractivity contribution in [1.29, 1.82) is 0 Å². The summed E-state index contributed by atoms with van der Waals surface area (Å²) in [5, 5.41) is 0.0749. The Kier molecular flexibility index (Phi) is 2.50. The molecule has 2 atom stereocenters. The Hall–Kier alpha value is -0.960. The molecule has 0 aliphatic carbocycles. The Balaban J connectivity index is 2.07. The van der Waals surface area contributed by atoms with Gasteiger partial charge >= 0.3 is 0 Å². The van der Waals surface area contributed by atoms with E-state index in [2.05, 4.69) is 6.92 Å². The zero-order valence-electron chi connectivity index (χ0n) is 7.94. The van der Waals surface area contributed by atoms with Crippen LogP contribution in [0.1, 0.15) is 17.3 Å². The van der Waals surface area contributed by atoms with Gasteiger partial charge in [-0.15, -0.1) is 11.6 Å². The quantitative estimate of drug-likeness (QED) is 0.669. The molecule has 0 aromatic carbocycles. The van der Waals surface area contributed by atoms with Gasteiger partial charge in [0.1, 0.15) is 6.26 Å². The number of halogens is 1. The van der Waals surface area contributed by atoms with Gasteiger partial charge in [-0.1, -0.05) is 6.92 Å². The fourth-order valence-corrected chi connectivity index (χ4v) is 1.91. The van der Waals surface area contributed by atoms with Crippen LogP contribution < -0.4 is 0 Å². The van der Waals surface area contributed by atoms with E-state index in [-0.39, 0.29) is 11.3 Å². The van der Waals surface area contributed by atoms with Crippen LogP contribution in [0, 0.1) is 5.92 Å². The maximum atomic E-state index is 11.8. The van der Waals surface area contributed by atoms with Crippen molar-refractivity contribution in [1.82, 2.24) is 4.90 Å². The second-order valence-electron chi connectivity index (χ2n) is 3.72. The highest BCUT2D eigenvalue weighted by molar-refractivity contribution is 6.21. The van der Waals surface area contributed by atoms with Crippen molar-refractivity contribution in [3.05, 3.63) is 24.2 Å². The predicted molar refractivity (Wildman–Crippen MR) is 53.4 cm³/mol. The van der Waals surface area contributed by atoms with Crippen LogP contribution in [0.15, 0.2) is 23.0 Å². The molecule has 1 aliphatic heterocycles. The van der Waals surface area contributed by atoms with Gasteiger partial charge < -0.3 is 9.32 Å². The van der Waals surface area contributed by atoms with E-state index in [1.165, 1.54) is 12.5 Å². The van der Waals surface area contributed by atoms with E-state index < -0.39 is 0 Å². The fourth-order valence-electron chi connectivity index (χ4n) is 1.66. The maximum absolute atomic E-state index is 11.8. The molecule has 2 rings (SSSR count). The standard InChI is InChI=1S/C10H12ClNO2/c1-7-4-12(5-9(7)11)10(13)8-2-3-14-6-8/h2-3,6-7,9H,4-5H2,1H3. The van der Waals surface area contributed by atoms with E-state index in [9.17, 15) is 4.79 Å². The van der Waals surface area contributed by atoms with Crippen LogP contribution in [0.2, 0.25) is 0 Å². The van der Waals surface area contributed by atoms with E-state index in [1.807, 2.05) is 0 Å². The van der Waals surface area contributed by atoms with Gasteiger partial charge in [0, 0.05) is 13.1 Å². The molecule has 0 spiro atoms. The first kappa shape index (κ1) is 9.59. The average molecular weight is 214 g/mol. The molecule has 14 heavy (non-hydrogen) atoms. The van der Waals surface area contributed by atoms with Gasteiger partial charge in [-0.05, 0) is 12.0 Å². The smallest absolute Gasteiger partial charge is 0.257 e. The summed E-state index contributed by atoms with van der Waals surface area (Å²) in [6, 6.07) is 1.68. The van der Waals surface area contributed by atoms with Gasteiger partial charge in [0.05, 0.1) is 17.2 Å². The number of carbonyl (C=O) groups excluding carboxylic acids is 1. The molecule has 2 heterocycles. The minimum atomic E-state index is 0.00810. The van der Waals surface area contributed by atoms with Crippen molar-refractivity contribution in [3.8, 4) is 0 Å². The number of amides is 1. The summed E-state index contributed by atoms with van der Waals surface area (Å²) in [7, 11) is 0. The van der Waals surface area contributed by atoms with Gasteiger partial charge in [0.2, 0.25) is 0 Å². The van der Waals surface area contributed by atoms with E-state index >= 15 is 0 Å². The lowest BCUT2D eigenvalue weighted by molar-refractivity contribution is 0.0787. The third-order valence-electron chi connectivity index (χ3n) is 2.58. The van der Waals surface area contributed by atoms with Crippen LogP contribution >= 0.6 is 11.6 Å². The summed E-state index contributed by atoms with van der Waals surface area (Å²) in [5.41, 5.74) is 0.600. The first-order valence-corrected chi connectivity index (χ1v) is 5.07. The molecule has 1 fully saturated rings. The molecule has 1 amide bonds. The van der Waals surface area contributed by atoms with Crippen LogP contribution in [0.5, 0.6) is 0 Å². The molecule has 0 radical (unpaired) electrons. The minimum absolute atomic E-state index is 0.00810. The first-order valence-electron chi connectivity index (χ1n) is 4.64. The van der Waals surface area contributed by atoms with Gasteiger partial charge in [-0.3, -0.25) is 4.79 Å². The van der Waals surface area contributed by atoms with Crippen LogP contribution in [0.25, 0.3) is 0 Å². The Bertz CT molecular complexity index is 313. The largest absolute Gasteiger partial charge is 0.472 e. The molecule has 76 valence electrons. The van der Waals surface area contributed by atoms with Crippen LogP contribution in [0.4, 0.5) is 0 Å².